The normalized spacial score (nSPS) is 12.4. The van der Waals surface area contributed by atoms with Gasteiger partial charge in [-0.3, -0.25) is 4.98 Å². The molecule has 4 heteroatoms. The van der Waals surface area contributed by atoms with E-state index in [-0.39, 0.29) is 6.04 Å². The predicted molar refractivity (Wildman–Crippen MR) is 88.7 cm³/mol. The molecule has 0 bridgehead atoms. The Hall–Kier alpha value is -1.42. The van der Waals surface area contributed by atoms with E-state index in [2.05, 4.69) is 36.3 Å². The lowest BCUT2D eigenvalue weighted by Crippen LogP contribution is -2.29. The molecule has 1 atom stereocenters. The Bertz CT molecular complexity index is 598. The fourth-order valence-corrected chi connectivity index (χ4v) is 2.78. The van der Waals surface area contributed by atoms with Gasteiger partial charge in [-0.1, -0.05) is 30.7 Å². The summed E-state index contributed by atoms with van der Waals surface area (Å²) >= 11 is 6.07. The number of rotatable bonds is 6. The number of nitrogens with two attached hydrogens (primary N) is 1. The summed E-state index contributed by atoms with van der Waals surface area (Å²) < 4.78 is 0. The van der Waals surface area contributed by atoms with Gasteiger partial charge in [0.25, 0.3) is 0 Å². The lowest BCUT2D eigenvalue weighted by Gasteiger charge is -2.22. The van der Waals surface area contributed by atoms with Crippen molar-refractivity contribution >= 4 is 11.6 Å². The monoisotopic (exact) mass is 303 g/mol. The van der Waals surface area contributed by atoms with Crippen molar-refractivity contribution < 1.29 is 0 Å². The summed E-state index contributed by atoms with van der Waals surface area (Å²) in [5.41, 5.74) is 10.3. The largest absolute Gasteiger partial charge is 0.329 e. The molecule has 0 amide bonds. The number of nitrogens with one attached hydrogen (secondary N) is 1. The van der Waals surface area contributed by atoms with Gasteiger partial charge >= 0.3 is 0 Å². The third-order valence-electron chi connectivity index (χ3n) is 3.62. The van der Waals surface area contributed by atoms with Crippen molar-refractivity contribution in [3.05, 3.63) is 63.9 Å². The summed E-state index contributed by atoms with van der Waals surface area (Å²) in [6.45, 7) is 5.56. The van der Waals surface area contributed by atoms with Crippen LogP contribution in [0.5, 0.6) is 0 Å². The van der Waals surface area contributed by atoms with Crippen LogP contribution in [0.2, 0.25) is 5.02 Å². The van der Waals surface area contributed by atoms with Crippen molar-refractivity contribution in [2.45, 2.75) is 26.3 Å². The van der Waals surface area contributed by atoms with Gasteiger partial charge in [0.05, 0.1) is 11.7 Å². The molecule has 1 unspecified atom stereocenters. The molecule has 1 aromatic carbocycles. The minimum atomic E-state index is 0.0435. The molecule has 112 valence electrons. The molecule has 0 aliphatic heterocycles. The number of hydrogen-bond acceptors (Lipinski definition) is 3. The Kier molecular flexibility index (Phi) is 5.74. The van der Waals surface area contributed by atoms with Gasteiger partial charge in [-0.15, -0.1) is 0 Å². The van der Waals surface area contributed by atoms with Gasteiger partial charge in [0.2, 0.25) is 0 Å². The molecule has 2 rings (SSSR count). The van der Waals surface area contributed by atoms with E-state index >= 15 is 0 Å². The average Bonchev–Trinajstić information content (AvgIpc) is 2.49. The predicted octanol–water partition coefficient (Wildman–Crippen LogP) is 3.24. The van der Waals surface area contributed by atoms with E-state index in [1.807, 2.05) is 24.4 Å². The summed E-state index contributed by atoms with van der Waals surface area (Å²) in [5.74, 6) is 0. The molecular weight excluding hydrogens is 282 g/mol. The summed E-state index contributed by atoms with van der Waals surface area (Å²) in [4.78, 5) is 4.61. The first kappa shape index (κ1) is 16.0. The number of pyridine rings is 1. The second kappa shape index (κ2) is 7.55. The van der Waals surface area contributed by atoms with E-state index in [0.29, 0.717) is 6.54 Å². The third kappa shape index (κ3) is 3.82. The maximum absolute atomic E-state index is 6.07. The van der Waals surface area contributed by atoms with Crippen LogP contribution in [0.4, 0.5) is 0 Å². The Balaban J connectivity index is 2.47. The minimum absolute atomic E-state index is 0.0435. The van der Waals surface area contributed by atoms with E-state index in [0.717, 1.165) is 29.2 Å². The van der Waals surface area contributed by atoms with Gasteiger partial charge in [0.1, 0.15) is 0 Å². The van der Waals surface area contributed by atoms with Gasteiger partial charge in [-0.25, -0.2) is 0 Å². The van der Waals surface area contributed by atoms with Crippen molar-refractivity contribution in [2.75, 3.05) is 13.1 Å². The highest BCUT2D eigenvalue weighted by Gasteiger charge is 2.19. The standard InChI is InChI=1S/C17H22ClN3/c1-3-13-5-4-9-20-16(13)17(21-10-8-19)15-7-6-14(18)11-12(15)2/h4-7,9,11,17,21H,3,8,10,19H2,1-2H3. The highest BCUT2D eigenvalue weighted by molar-refractivity contribution is 6.30. The number of aromatic nitrogens is 1. The van der Waals surface area contributed by atoms with Gasteiger partial charge in [-0.2, -0.15) is 0 Å². The third-order valence-corrected chi connectivity index (χ3v) is 3.85. The summed E-state index contributed by atoms with van der Waals surface area (Å²) in [6.07, 6.45) is 2.80. The summed E-state index contributed by atoms with van der Waals surface area (Å²) in [6, 6.07) is 10.1. The number of hydrogen-bond donors (Lipinski definition) is 2. The Morgan fingerprint density at radius 3 is 2.81 bits per heavy atom. The number of nitrogens with zero attached hydrogens (tertiary/aromatic N) is 1. The van der Waals surface area contributed by atoms with Gasteiger partial charge in [0, 0.05) is 24.3 Å². The molecule has 0 fully saturated rings. The smallest absolute Gasteiger partial charge is 0.0757 e. The number of halogens is 1. The highest BCUT2D eigenvalue weighted by atomic mass is 35.5. The van der Waals surface area contributed by atoms with Crippen LogP contribution in [0.15, 0.2) is 36.5 Å². The first-order chi connectivity index (χ1) is 10.2. The first-order valence-corrected chi connectivity index (χ1v) is 7.68. The maximum Gasteiger partial charge on any atom is 0.0757 e. The Labute approximate surface area is 131 Å². The van der Waals surface area contributed by atoms with E-state index < -0.39 is 0 Å². The molecule has 1 aromatic heterocycles. The van der Waals surface area contributed by atoms with Crippen LogP contribution in [0.3, 0.4) is 0 Å². The first-order valence-electron chi connectivity index (χ1n) is 7.30. The molecule has 0 aliphatic rings. The van der Waals surface area contributed by atoms with Crippen molar-refractivity contribution in [1.82, 2.24) is 10.3 Å². The minimum Gasteiger partial charge on any atom is -0.329 e. The molecule has 0 spiro atoms. The van der Waals surface area contributed by atoms with Crippen LogP contribution in [0.25, 0.3) is 0 Å². The lowest BCUT2D eigenvalue weighted by atomic mass is 9.95. The van der Waals surface area contributed by atoms with E-state index in [9.17, 15) is 0 Å². The molecular formula is C17H22ClN3. The van der Waals surface area contributed by atoms with Crippen molar-refractivity contribution in [3.8, 4) is 0 Å². The van der Waals surface area contributed by atoms with Crippen molar-refractivity contribution in [3.63, 3.8) is 0 Å². The molecule has 21 heavy (non-hydrogen) atoms. The van der Waals surface area contributed by atoms with Crippen molar-refractivity contribution in [2.24, 2.45) is 5.73 Å². The molecule has 0 radical (unpaired) electrons. The fraction of sp³-hybridized carbons (Fsp3) is 0.353. The zero-order chi connectivity index (χ0) is 15.2. The van der Waals surface area contributed by atoms with Crippen LogP contribution < -0.4 is 11.1 Å². The van der Waals surface area contributed by atoms with E-state index in [1.54, 1.807) is 0 Å². The second-order valence-corrected chi connectivity index (χ2v) is 5.51. The molecule has 0 saturated heterocycles. The molecule has 2 aromatic rings. The molecule has 1 heterocycles. The summed E-state index contributed by atoms with van der Waals surface area (Å²) in [7, 11) is 0. The second-order valence-electron chi connectivity index (χ2n) is 5.08. The van der Waals surface area contributed by atoms with Crippen LogP contribution in [0.1, 0.15) is 35.3 Å². The molecule has 0 aliphatic carbocycles. The molecule has 0 saturated carbocycles. The van der Waals surface area contributed by atoms with E-state index in [4.69, 9.17) is 17.3 Å². The van der Waals surface area contributed by atoms with Crippen LogP contribution in [-0.2, 0) is 6.42 Å². The molecule has 3 N–H and O–H groups in total. The van der Waals surface area contributed by atoms with Crippen LogP contribution in [-0.4, -0.2) is 18.1 Å². The zero-order valence-electron chi connectivity index (χ0n) is 12.6. The number of benzene rings is 1. The van der Waals surface area contributed by atoms with Gasteiger partial charge < -0.3 is 11.1 Å². The van der Waals surface area contributed by atoms with Crippen LogP contribution >= 0.6 is 11.6 Å². The maximum atomic E-state index is 6.07. The Morgan fingerprint density at radius 1 is 1.33 bits per heavy atom. The van der Waals surface area contributed by atoms with E-state index in [1.165, 1.54) is 11.1 Å². The molecule has 3 nitrogen and oxygen atoms in total. The fourth-order valence-electron chi connectivity index (χ4n) is 2.55. The zero-order valence-corrected chi connectivity index (χ0v) is 13.3. The van der Waals surface area contributed by atoms with Gasteiger partial charge in [0.15, 0.2) is 0 Å². The van der Waals surface area contributed by atoms with Gasteiger partial charge in [-0.05, 0) is 48.2 Å². The lowest BCUT2D eigenvalue weighted by molar-refractivity contribution is 0.591. The number of aryl methyl sites for hydroxylation is 2. The van der Waals surface area contributed by atoms with Crippen molar-refractivity contribution in [1.29, 1.82) is 0 Å². The van der Waals surface area contributed by atoms with Crippen LogP contribution in [0, 0.1) is 6.92 Å². The average molecular weight is 304 g/mol. The summed E-state index contributed by atoms with van der Waals surface area (Å²) in [5, 5.41) is 4.26. The quantitative estimate of drug-likeness (QED) is 0.861. The SMILES string of the molecule is CCc1cccnc1C(NCCN)c1ccc(Cl)cc1C. The Morgan fingerprint density at radius 2 is 2.14 bits per heavy atom. The topological polar surface area (TPSA) is 50.9 Å². The highest BCUT2D eigenvalue weighted by Crippen LogP contribution is 2.27.